The van der Waals surface area contributed by atoms with E-state index in [1.54, 1.807) is 0 Å². The van der Waals surface area contributed by atoms with Crippen molar-refractivity contribution in [2.45, 2.75) is 38.5 Å². The van der Waals surface area contributed by atoms with E-state index in [1.165, 1.54) is 17.0 Å². The van der Waals surface area contributed by atoms with E-state index in [2.05, 4.69) is 44.0 Å². The molecule has 0 spiro atoms. The number of fused-ring (bicyclic) bond motifs is 1. The van der Waals surface area contributed by atoms with Gasteiger partial charge in [0.25, 0.3) is 0 Å². The SMILES string of the molecule is CCC(C)C1=CC2SC(C)=NC2C=C1. The number of thioether (sulfide) groups is 1. The van der Waals surface area contributed by atoms with Gasteiger partial charge in [0.2, 0.25) is 0 Å². The first-order valence-corrected chi connectivity index (χ1v) is 6.19. The molecule has 1 nitrogen and oxygen atoms in total. The largest absolute Gasteiger partial charge is 0.274 e. The van der Waals surface area contributed by atoms with Crippen molar-refractivity contribution in [3.05, 3.63) is 23.8 Å². The molecule has 1 aliphatic heterocycles. The van der Waals surface area contributed by atoms with E-state index in [1.807, 2.05) is 11.8 Å². The predicted molar refractivity (Wildman–Crippen MR) is 65.0 cm³/mol. The van der Waals surface area contributed by atoms with Crippen LogP contribution in [0.15, 0.2) is 28.8 Å². The number of allylic oxidation sites excluding steroid dienone is 2. The summed E-state index contributed by atoms with van der Waals surface area (Å²) in [5, 5.41) is 1.80. The average molecular weight is 207 g/mol. The van der Waals surface area contributed by atoms with Crippen LogP contribution >= 0.6 is 11.8 Å². The van der Waals surface area contributed by atoms with E-state index in [0.717, 1.165) is 0 Å². The summed E-state index contributed by atoms with van der Waals surface area (Å²) in [6.07, 6.45) is 8.15. The number of rotatable bonds is 2. The molecule has 0 amide bonds. The standard InChI is InChI=1S/C12H17NS/c1-4-8(2)10-5-6-11-12(7-10)14-9(3)13-11/h5-8,11-12H,4H2,1-3H3. The Morgan fingerprint density at radius 2 is 2.36 bits per heavy atom. The van der Waals surface area contributed by atoms with E-state index in [9.17, 15) is 0 Å². The fraction of sp³-hybridized carbons (Fsp3) is 0.583. The number of nitrogens with zero attached hydrogens (tertiary/aromatic N) is 1. The van der Waals surface area contributed by atoms with E-state index in [0.29, 0.717) is 17.2 Å². The minimum atomic E-state index is 0.410. The Hall–Kier alpha value is -0.500. The van der Waals surface area contributed by atoms with Gasteiger partial charge < -0.3 is 0 Å². The monoisotopic (exact) mass is 207 g/mol. The van der Waals surface area contributed by atoms with Gasteiger partial charge in [0.15, 0.2) is 0 Å². The van der Waals surface area contributed by atoms with Gasteiger partial charge in [-0.05, 0) is 24.8 Å². The second-order valence-electron chi connectivity index (χ2n) is 4.06. The van der Waals surface area contributed by atoms with Crippen LogP contribution in [-0.4, -0.2) is 16.3 Å². The summed E-state index contributed by atoms with van der Waals surface area (Å²) in [5.74, 6) is 0.689. The van der Waals surface area contributed by atoms with Crippen molar-refractivity contribution in [1.82, 2.24) is 0 Å². The molecule has 3 unspecified atom stereocenters. The molecular weight excluding hydrogens is 190 g/mol. The van der Waals surface area contributed by atoms with Gasteiger partial charge in [-0.15, -0.1) is 11.8 Å². The summed E-state index contributed by atoms with van der Waals surface area (Å²) in [6, 6.07) is 0.410. The second-order valence-corrected chi connectivity index (χ2v) is 5.43. The highest BCUT2D eigenvalue weighted by atomic mass is 32.2. The van der Waals surface area contributed by atoms with Crippen molar-refractivity contribution < 1.29 is 0 Å². The molecule has 0 saturated carbocycles. The Kier molecular flexibility index (Phi) is 2.82. The molecule has 2 rings (SSSR count). The Bertz CT molecular complexity index is 314. The predicted octanol–water partition coefficient (Wildman–Crippen LogP) is 3.43. The summed E-state index contributed by atoms with van der Waals surface area (Å²) in [5.41, 5.74) is 1.49. The van der Waals surface area contributed by atoms with Crippen LogP contribution in [-0.2, 0) is 0 Å². The topological polar surface area (TPSA) is 12.4 Å². The number of hydrogen-bond acceptors (Lipinski definition) is 2. The van der Waals surface area contributed by atoms with Gasteiger partial charge in [0.05, 0.1) is 16.3 Å². The molecule has 2 heteroatoms. The normalized spacial score (nSPS) is 32.2. The third kappa shape index (κ3) is 1.81. The van der Waals surface area contributed by atoms with Crippen molar-refractivity contribution in [2.75, 3.05) is 0 Å². The van der Waals surface area contributed by atoms with Crippen LogP contribution in [0.3, 0.4) is 0 Å². The van der Waals surface area contributed by atoms with Gasteiger partial charge in [0, 0.05) is 0 Å². The molecule has 0 aromatic heterocycles. The summed E-state index contributed by atoms with van der Waals surface area (Å²) in [7, 11) is 0. The van der Waals surface area contributed by atoms with Gasteiger partial charge in [-0.2, -0.15) is 0 Å². The Morgan fingerprint density at radius 1 is 1.57 bits per heavy atom. The van der Waals surface area contributed by atoms with Crippen LogP contribution in [0.25, 0.3) is 0 Å². The molecule has 0 aromatic carbocycles. The number of aliphatic imine (C=N–C) groups is 1. The first-order chi connectivity index (χ1) is 6.70. The van der Waals surface area contributed by atoms with Crippen LogP contribution in [0.1, 0.15) is 27.2 Å². The third-order valence-corrected chi connectivity index (χ3v) is 4.13. The Morgan fingerprint density at radius 3 is 3.07 bits per heavy atom. The molecule has 0 fully saturated rings. The van der Waals surface area contributed by atoms with Crippen LogP contribution in [0, 0.1) is 5.92 Å². The summed E-state index contributed by atoms with van der Waals surface area (Å²) in [6.45, 7) is 6.65. The van der Waals surface area contributed by atoms with Crippen molar-refractivity contribution in [3.63, 3.8) is 0 Å². The van der Waals surface area contributed by atoms with Gasteiger partial charge in [-0.25, -0.2) is 0 Å². The molecule has 1 heterocycles. The van der Waals surface area contributed by atoms with Crippen molar-refractivity contribution in [1.29, 1.82) is 0 Å². The summed E-state index contributed by atoms with van der Waals surface area (Å²) in [4.78, 5) is 4.58. The molecule has 0 radical (unpaired) electrons. The highest BCUT2D eigenvalue weighted by molar-refractivity contribution is 8.14. The zero-order chi connectivity index (χ0) is 10.1. The highest BCUT2D eigenvalue weighted by Crippen LogP contribution is 2.34. The van der Waals surface area contributed by atoms with Gasteiger partial charge in [-0.3, -0.25) is 4.99 Å². The maximum atomic E-state index is 4.58. The quantitative estimate of drug-likeness (QED) is 0.675. The fourth-order valence-corrected chi connectivity index (χ4v) is 2.98. The summed E-state index contributed by atoms with van der Waals surface area (Å²) >= 11 is 1.90. The Labute approximate surface area is 90.4 Å². The molecule has 2 aliphatic rings. The van der Waals surface area contributed by atoms with Crippen molar-refractivity contribution in [2.24, 2.45) is 10.9 Å². The highest BCUT2D eigenvalue weighted by Gasteiger charge is 2.27. The van der Waals surface area contributed by atoms with Crippen LogP contribution in [0.5, 0.6) is 0 Å². The van der Waals surface area contributed by atoms with Crippen molar-refractivity contribution in [3.8, 4) is 0 Å². The lowest BCUT2D eigenvalue weighted by Crippen LogP contribution is -2.17. The molecule has 1 aliphatic carbocycles. The summed E-state index contributed by atoms with van der Waals surface area (Å²) < 4.78 is 0. The minimum Gasteiger partial charge on any atom is -0.274 e. The van der Waals surface area contributed by atoms with Gasteiger partial charge in [-0.1, -0.05) is 32.1 Å². The smallest absolute Gasteiger partial charge is 0.0850 e. The molecule has 0 N–H and O–H groups in total. The molecule has 0 bridgehead atoms. The molecular formula is C12H17NS. The molecule has 0 saturated heterocycles. The maximum absolute atomic E-state index is 4.58. The molecule has 3 atom stereocenters. The van der Waals surface area contributed by atoms with Crippen molar-refractivity contribution >= 4 is 16.8 Å². The van der Waals surface area contributed by atoms with Crippen LogP contribution in [0.2, 0.25) is 0 Å². The Balaban J connectivity index is 2.14. The maximum Gasteiger partial charge on any atom is 0.0850 e. The van der Waals surface area contributed by atoms with Crippen LogP contribution in [0.4, 0.5) is 0 Å². The number of hydrogen-bond donors (Lipinski definition) is 0. The molecule has 14 heavy (non-hydrogen) atoms. The lowest BCUT2D eigenvalue weighted by atomic mass is 9.92. The third-order valence-electron chi connectivity index (χ3n) is 3.00. The fourth-order valence-electron chi connectivity index (χ4n) is 1.88. The van der Waals surface area contributed by atoms with Gasteiger partial charge >= 0.3 is 0 Å². The lowest BCUT2D eigenvalue weighted by Gasteiger charge is -2.20. The first kappa shape index (κ1) is 10.0. The second kappa shape index (κ2) is 3.93. The van der Waals surface area contributed by atoms with E-state index >= 15 is 0 Å². The zero-order valence-corrected chi connectivity index (χ0v) is 9.84. The molecule has 76 valence electrons. The van der Waals surface area contributed by atoms with E-state index < -0.39 is 0 Å². The van der Waals surface area contributed by atoms with E-state index in [4.69, 9.17) is 0 Å². The first-order valence-electron chi connectivity index (χ1n) is 5.31. The van der Waals surface area contributed by atoms with Gasteiger partial charge in [0.1, 0.15) is 0 Å². The lowest BCUT2D eigenvalue weighted by molar-refractivity contribution is 0.658. The van der Waals surface area contributed by atoms with Crippen LogP contribution < -0.4 is 0 Å². The minimum absolute atomic E-state index is 0.410. The van der Waals surface area contributed by atoms with E-state index in [-0.39, 0.29) is 0 Å². The molecule has 0 aromatic rings. The average Bonchev–Trinajstić information content (AvgIpc) is 2.55. The zero-order valence-electron chi connectivity index (χ0n) is 9.03.